The van der Waals surface area contributed by atoms with Gasteiger partial charge in [-0.25, -0.2) is 4.68 Å². The van der Waals surface area contributed by atoms with Gasteiger partial charge in [0.25, 0.3) is 0 Å². The zero-order chi connectivity index (χ0) is 13.7. The fourth-order valence-electron chi connectivity index (χ4n) is 2.11. The van der Waals surface area contributed by atoms with Crippen molar-refractivity contribution in [3.63, 3.8) is 0 Å². The van der Waals surface area contributed by atoms with E-state index in [0.29, 0.717) is 11.0 Å². The molecule has 0 N–H and O–H groups in total. The molecule has 0 radical (unpaired) electrons. The lowest BCUT2D eigenvalue weighted by atomic mass is 10.2. The van der Waals surface area contributed by atoms with E-state index >= 15 is 0 Å². The predicted octanol–water partition coefficient (Wildman–Crippen LogP) is 3.31. The minimum absolute atomic E-state index is 0.311. The minimum atomic E-state index is -0.775. The van der Waals surface area contributed by atoms with E-state index in [2.05, 4.69) is 18.9 Å². The molecule has 0 amide bonds. The zero-order valence-corrected chi connectivity index (χ0v) is 12.3. The van der Waals surface area contributed by atoms with Crippen molar-refractivity contribution in [2.75, 3.05) is 0 Å². The van der Waals surface area contributed by atoms with E-state index in [9.17, 15) is 4.21 Å². The first-order chi connectivity index (χ1) is 9.24. The maximum absolute atomic E-state index is 12.2. The molecule has 2 aromatic rings. The smallest absolute Gasteiger partial charge is 0.0645 e. The lowest BCUT2D eigenvalue weighted by molar-refractivity contribution is 0.657. The molecule has 0 aliphatic carbocycles. The molecule has 0 unspecified atom stereocenters. The summed E-state index contributed by atoms with van der Waals surface area (Å²) in [7, 11) is -0.775. The van der Waals surface area contributed by atoms with Crippen molar-refractivity contribution in [2.24, 2.45) is 0 Å². The SMILES string of the molecule is CCC(CC)[S@@](=O)Cc1ccc(-n2cccn2)cc1. The number of hydrogen-bond acceptors (Lipinski definition) is 2. The van der Waals surface area contributed by atoms with E-state index in [4.69, 9.17) is 0 Å². The van der Waals surface area contributed by atoms with Gasteiger partial charge in [-0.05, 0) is 36.6 Å². The van der Waals surface area contributed by atoms with E-state index in [1.165, 1.54) is 0 Å². The fraction of sp³-hybridized carbons (Fsp3) is 0.400. The Bertz CT molecular complexity index is 516. The maximum Gasteiger partial charge on any atom is 0.0645 e. The van der Waals surface area contributed by atoms with E-state index in [1.807, 2.05) is 41.2 Å². The van der Waals surface area contributed by atoms with Gasteiger partial charge >= 0.3 is 0 Å². The van der Waals surface area contributed by atoms with Gasteiger partial charge in [0.05, 0.1) is 5.69 Å². The average molecular weight is 276 g/mol. The molecule has 0 bridgehead atoms. The van der Waals surface area contributed by atoms with Crippen LogP contribution < -0.4 is 0 Å². The van der Waals surface area contributed by atoms with Crippen molar-refractivity contribution >= 4 is 10.8 Å². The van der Waals surface area contributed by atoms with Gasteiger partial charge in [-0.15, -0.1) is 0 Å². The molecule has 19 heavy (non-hydrogen) atoms. The van der Waals surface area contributed by atoms with Gasteiger partial charge in [-0.1, -0.05) is 26.0 Å². The third kappa shape index (κ3) is 3.53. The third-order valence-electron chi connectivity index (χ3n) is 3.30. The molecule has 4 heteroatoms. The Hall–Kier alpha value is -1.42. The van der Waals surface area contributed by atoms with Crippen molar-refractivity contribution in [1.29, 1.82) is 0 Å². The van der Waals surface area contributed by atoms with Crippen LogP contribution in [0.15, 0.2) is 42.7 Å². The van der Waals surface area contributed by atoms with Gasteiger partial charge in [0, 0.05) is 34.2 Å². The standard InChI is InChI=1S/C15H20N2OS/c1-3-15(4-2)19(18)12-13-6-8-14(9-7-13)17-11-5-10-16-17/h5-11,15H,3-4,12H2,1-2H3/t19-/m0/s1. The Labute approximate surface area is 117 Å². The first-order valence-corrected chi connectivity index (χ1v) is 8.09. The monoisotopic (exact) mass is 276 g/mol. The molecular formula is C15H20N2OS. The van der Waals surface area contributed by atoms with E-state index in [1.54, 1.807) is 6.20 Å². The number of aromatic nitrogens is 2. The van der Waals surface area contributed by atoms with Crippen LogP contribution in [0.2, 0.25) is 0 Å². The summed E-state index contributed by atoms with van der Waals surface area (Å²) in [6.45, 7) is 4.21. The summed E-state index contributed by atoms with van der Waals surface area (Å²) in [5, 5.41) is 4.50. The molecule has 0 spiro atoms. The molecule has 3 nitrogen and oxygen atoms in total. The Morgan fingerprint density at radius 2 is 1.89 bits per heavy atom. The van der Waals surface area contributed by atoms with Crippen LogP contribution >= 0.6 is 0 Å². The van der Waals surface area contributed by atoms with Crippen LogP contribution in [0.3, 0.4) is 0 Å². The largest absolute Gasteiger partial charge is 0.259 e. The summed E-state index contributed by atoms with van der Waals surface area (Å²) in [4.78, 5) is 0. The Morgan fingerprint density at radius 3 is 2.42 bits per heavy atom. The average Bonchev–Trinajstić information content (AvgIpc) is 2.95. The molecule has 1 atom stereocenters. The summed E-state index contributed by atoms with van der Waals surface area (Å²) in [5.74, 6) is 0.645. The molecule has 1 heterocycles. The van der Waals surface area contributed by atoms with Gasteiger partial charge < -0.3 is 0 Å². The third-order valence-corrected chi connectivity index (χ3v) is 5.32. The molecule has 1 aromatic heterocycles. The second-order valence-corrected chi connectivity index (χ2v) is 6.30. The highest BCUT2D eigenvalue weighted by atomic mass is 32.2. The Morgan fingerprint density at radius 1 is 1.21 bits per heavy atom. The second kappa shape index (κ2) is 6.66. The molecule has 0 aliphatic rings. The molecule has 0 saturated heterocycles. The first-order valence-electron chi connectivity index (χ1n) is 6.70. The summed E-state index contributed by atoms with van der Waals surface area (Å²) in [6, 6.07) is 10.0. The van der Waals surface area contributed by atoms with E-state index in [0.717, 1.165) is 24.1 Å². The number of rotatable bonds is 6. The minimum Gasteiger partial charge on any atom is -0.259 e. The maximum atomic E-state index is 12.2. The zero-order valence-electron chi connectivity index (χ0n) is 11.5. The second-order valence-electron chi connectivity index (χ2n) is 4.58. The number of hydrogen-bond donors (Lipinski definition) is 0. The summed E-state index contributed by atoms with van der Waals surface area (Å²) < 4.78 is 14.0. The van der Waals surface area contributed by atoms with E-state index < -0.39 is 10.8 Å². The van der Waals surface area contributed by atoms with Crippen LogP contribution in [-0.4, -0.2) is 19.2 Å². The van der Waals surface area contributed by atoms with E-state index in [-0.39, 0.29) is 0 Å². The first kappa shape index (κ1) is 14.0. The summed E-state index contributed by atoms with van der Waals surface area (Å²) in [6.07, 6.45) is 5.64. The van der Waals surface area contributed by atoms with Gasteiger partial charge in [-0.2, -0.15) is 5.10 Å². The highest BCUT2D eigenvalue weighted by molar-refractivity contribution is 7.84. The number of benzene rings is 1. The van der Waals surface area contributed by atoms with Crippen LogP contribution in [0.5, 0.6) is 0 Å². The van der Waals surface area contributed by atoms with Crippen molar-refractivity contribution in [1.82, 2.24) is 9.78 Å². The Kier molecular flexibility index (Phi) is 4.91. The van der Waals surface area contributed by atoms with Gasteiger partial charge in [-0.3, -0.25) is 4.21 Å². The molecule has 1 aromatic carbocycles. The molecule has 102 valence electrons. The van der Waals surface area contributed by atoms with Crippen molar-refractivity contribution < 1.29 is 4.21 Å². The highest BCUT2D eigenvalue weighted by Crippen LogP contribution is 2.14. The molecule has 0 saturated carbocycles. The van der Waals surface area contributed by atoms with Crippen LogP contribution in [0, 0.1) is 0 Å². The number of nitrogens with zero attached hydrogens (tertiary/aromatic N) is 2. The summed E-state index contributed by atoms with van der Waals surface area (Å²) >= 11 is 0. The lowest BCUT2D eigenvalue weighted by Crippen LogP contribution is -2.14. The van der Waals surface area contributed by atoms with Crippen LogP contribution in [0.25, 0.3) is 5.69 Å². The van der Waals surface area contributed by atoms with Gasteiger partial charge in [0.2, 0.25) is 0 Å². The molecule has 0 fully saturated rings. The topological polar surface area (TPSA) is 34.9 Å². The van der Waals surface area contributed by atoms with Crippen LogP contribution in [0.4, 0.5) is 0 Å². The van der Waals surface area contributed by atoms with Crippen LogP contribution in [-0.2, 0) is 16.6 Å². The lowest BCUT2D eigenvalue weighted by Gasteiger charge is -2.12. The van der Waals surface area contributed by atoms with Crippen molar-refractivity contribution in [2.45, 2.75) is 37.7 Å². The van der Waals surface area contributed by atoms with Crippen molar-refractivity contribution in [3.05, 3.63) is 48.3 Å². The van der Waals surface area contributed by atoms with Gasteiger partial charge in [0.15, 0.2) is 0 Å². The normalized spacial score (nSPS) is 12.8. The summed E-state index contributed by atoms with van der Waals surface area (Å²) in [5.41, 5.74) is 2.16. The quantitative estimate of drug-likeness (QED) is 0.811. The van der Waals surface area contributed by atoms with Crippen LogP contribution in [0.1, 0.15) is 32.3 Å². The van der Waals surface area contributed by atoms with Gasteiger partial charge in [0.1, 0.15) is 0 Å². The molecule has 2 rings (SSSR count). The highest BCUT2D eigenvalue weighted by Gasteiger charge is 2.12. The fourth-order valence-corrected chi connectivity index (χ4v) is 3.61. The molecule has 0 aliphatic heterocycles. The predicted molar refractivity (Wildman–Crippen MR) is 79.8 cm³/mol. The Balaban J connectivity index is 2.05. The van der Waals surface area contributed by atoms with Crippen molar-refractivity contribution in [3.8, 4) is 5.69 Å². The molecular weight excluding hydrogens is 256 g/mol.